The Balaban J connectivity index is 1.63. The van der Waals surface area contributed by atoms with E-state index in [2.05, 4.69) is 9.88 Å². The van der Waals surface area contributed by atoms with Gasteiger partial charge in [0, 0.05) is 41.6 Å². The fraction of sp³-hybridized carbons (Fsp3) is 0.280. The van der Waals surface area contributed by atoms with Crippen molar-refractivity contribution in [1.29, 1.82) is 0 Å². The van der Waals surface area contributed by atoms with Gasteiger partial charge in [-0.05, 0) is 56.7 Å². The van der Waals surface area contributed by atoms with E-state index in [0.717, 1.165) is 22.5 Å². The van der Waals surface area contributed by atoms with E-state index in [4.69, 9.17) is 11.6 Å². The molecule has 3 aromatic rings. The summed E-state index contributed by atoms with van der Waals surface area (Å²) in [5.74, 6) is -0.237. The van der Waals surface area contributed by atoms with Crippen molar-refractivity contribution in [2.75, 3.05) is 24.5 Å². The highest BCUT2D eigenvalue weighted by atomic mass is 35.5. The quantitative estimate of drug-likeness (QED) is 0.646. The van der Waals surface area contributed by atoms with Crippen LogP contribution in [0.2, 0.25) is 5.02 Å². The number of nitrogens with zero attached hydrogens (tertiary/aromatic N) is 2. The van der Waals surface area contributed by atoms with Crippen LogP contribution in [-0.4, -0.2) is 41.0 Å². The maximum Gasteiger partial charge on any atom is 0.261 e. The number of carbonyl (C=O) groups is 1. The molecule has 2 heterocycles. The maximum atomic E-state index is 13.5. The van der Waals surface area contributed by atoms with E-state index in [1.54, 1.807) is 6.07 Å². The standard InChI is InChI=1S/C25H26ClN3O2/c1-17-21(18-7-5-4-6-8-18)15-22(23(30)27-17)24(31)29-14-13-28(16-25(29,2)3)20-11-9-19(26)10-12-20/h4-12,15H,13-14,16H2,1-3H3,(H,27,30). The number of H-pyrrole nitrogens is 1. The smallest absolute Gasteiger partial charge is 0.261 e. The Morgan fingerprint density at radius 3 is 2.35 bits per heavy atom. The van der Waals surface area contributed by atoms with E-state index < -0.39 is 5.54 Å². The number of nitrogens with one attached hydrogen (secondary N) is 1. The Morgan fingerprint density at radius 2 is 1.71 bits per heavy atom. The number of aromatic nitrogens is 1. The first-order chi connectivity index (χ1) is 14.8. The summed E-state index contributed by atoms with van der Waals surface area (Å²) in [6.45, 7) is 7.80. The monoisotopic (exact) mass is 435 g/mol. The van der Waals surface area contributed by atoms with Crippen molar-refractivity contribution in [2.24, 2.45) is 0 Å². The Hall–Kier alpha value is -3.05. The highest BCUT2D eigenvalue weighted by Gasteiger charge is 2.38. The summed E-state index contributed by atoms with van der Waals surface area (Å²) in [6.07, 6.45) is 0. The zero-order valence-electron chi connectivity index (χ0n) is 18.0. The van der Waals surface area contributed by atoms with Crippen LogP contribution in [0.5, 0.6) is 0 Å². The van der Waals surface area contributed by atoms with Gasteiger partial charge < -0.3 is 14.8 Å². The molecule has 1 saturated heterocycles. The Bertz CT molecular complexity index is 1150. The van der Waals surface area contributed by atoms with Gasteiger partial charge in [-0.3, -0.25) is 9.59 Å². The van der Waals surface area contributed by atoms with Gasteiger partial charge in [-0.1, -0.05) is 41.9 Å². The zero-order chi connectivity index (χ0) is 22.2. The molecule has 0 saturated carbocycles. The van der Waals surface area contributed by atoms with Crippen molar-refractivity contribution in [2.45, 2.75) is 26.3 Å². The number of piperazine rings is 1. The number of hydrogen-bond acceptors (Lipinski definition) is 3. The second kappa shape index (κ2) is 8.23. The normalized spacial score (nSPS) is 15.7. The molecule has 1 aliphatic heterocycles. The number of hydrogen-bond donors (Lipinski definition) is 1. The van der Waals surface area contributed by atoms with E-state index in [1.165, 1.54) is 0 Å². The molecule has 1 aromatic heterocycles. The molecule has 0 radical (unpaired) electrons. The molecule has 5 nitrogen and oxygen atoms in total. The van der Waals surface area contributed by atoms with Gasteiger partial charge in [0.2, 0.25) is 0 Å². The lowest BCUT2D eigenvalue weighted by Gasteiger charge is -2.48. The van der Waals surface area contributed by atoms with Gasteiger partial charge in [-0.15, -0.1) is 0 Å². The van der Waals surface area contributed by atoms with Gasteiger partial charge >= 0.3 is 0 Å². The first-order valence-corrected chi connectivity index (χ1v) is 10.8. The van der Waals surface area contributed by atoms with Crippen LogP contribution in [0.3, 0.4) is 0 Å². The molecule has 0 atom stereocenters. The SMILES string of the molecule is Cc1[nH]c(=O)c(C(=O)N2CCN(c3ccc(Cl)cc3)CC2(C)C)cc1-c1ccccc1. The number of carbonyl (C=O) groups excluding carboxylic acids is 1. The largest absolute Gasteiger partial charge is 0.367 e. The maximum absolute atomic E-state index is 13.5. The van der Waals surface area contributed by atoms with E-state index in [9.17, 15) is 9.59 Å². The average Bonchev–Trinajstić information content (AvgIpc) is 2.74. The van der Waals surface area contributed by atoms with E-state index in [0.29, 0.717) is 24.7 Å². The van der Waals surface area contributed by atoms with E-state index >= 15 is 0 Å². The first-order valence-electron chi connectivity index (χ1n) is 10.4. The number of pyridine rings is 1. The zero-order valence-corrected chi connectivity index (χ0v) is 18.7. The molecular formula is C25H26ClN3O2. The summed E-state index contributed by atoms with van der Waals surface area (Å²) >= 11 is 6.02. The molecule has 160 valence electrons. The Morgan fingerprint density at radius 1 is 1.03 bits per heavy atom. The van der Waals surface area contributed by atoms with Crippen molar-refractivity contribution in [1.82, 2.24) is 9.88 Å². The van der Waals surface area contributed by atoms with Crippen molar-refractivity contribution < 1.29 is 4.79 Å². The minimum Gasteiger partial charge on any atom is -0.367 e. The fourth-order valence-electron chi connectivity index (χ4n) is 4.25. The molecule has 2 aromatic carbocycles. The number of anilines is 1. The lowest BCUT2D eigenvalue weighted by Crippen LogP contribution is -2.61. The number of halogens is 1. The molecule has 0 aliphatic carbocycles. The second-order valence-corrected chi connectivity index (χ2v) is 9.02. The molecule has 1 amide bonds. The number of aromatic amines is 1. The van der Waals surface area contributed by atoms with Gasteiger partial charge in [0.05, 0.1) is 5.54 Å². The average molecular weight is 436 g/mol. The van der Waals surface area contributed by atoms with Gasteiger partial charge in [0.15, 0.2) is 0 Å². The third kappa shape index (κ3) is 4.23. The topological polar surface area (TPSA) is 56.4 Å². The molecule has 4 rings (SSSR count). The summed E-state index contributed by atoms with van der Waals surface area (Å²) < 4.78 is 0. The fourth-order valence-corrected chi connectivity index (χ4v) is 4.37. The van der Waals surface area contributed by atoms with Crippen LogP contribution >= 0.6 is 11.6 Å². The summed E-state index contributed by atoms with van der Waals surface area (Å²) in [5.41, 5.74) is 3.04. The minimum absolute atomic E-state index is 0.178. The predicted octanol–water partition coefficient (Wildman–Crippen LogP) is 4.74. The molecule has 6 heteroatoms. The van der Waals surface area contributed by atoms with Gasteiger partial charge in [-0.2, -0.15) is 0 Å². The summed E-state index contributed by atoms with van der Waals surface area (Å²) in [7, 11) is 0. The van der Waals surface area contributed by atoms with Gasteiger partial charge in [0.1, 0.15) is 5.56 Å². The van der Waals surface area contributed by atoms with Crippen LogP contribution < -0.4 is 10.5 Å². The summed E-state index contributed by atoms with van der Waals surface area (Å²) in [6, 6.07) is 19.2. The molecule has 0 bridgehead atoms. The van der Waals surface area contributed by atoms with Crippen LogP contribution in [0.1, 0.15) is 29.9 Å². The number of aryl methyl sites for hydroxylation is 1. The van der Waals surface area contributed by atoms with Gasteiger partial charge in [-0.25, -0.2) is 0 Å². The van der Waals surface area contributed by atoms with Gasteiger partial charge in [0.25, 0.3) is 11.5 Å². The third-order valence-corrected chi connectivity index (χ3v) is 6.14. The van der Waals surface area contributed by atoms with Crippen molar-refractivity contribution in [3.8, 4) is 11.1 Å². The van der Waals surface area contributed by atoms with Crippen LogP contribution in [0.25, 0.3) is 11.1 Å². The number of amides is 1. The molecule has 1 N–H and O–H groups in total. The lowest BCUT2D eigenvalue weighted by atomic mass is 9.96. The summed E-state index contributed by atoms with van der Waals surface area (Å²) in [5, 5.41) is 0.699. The van der Waals surface area contributed by atoms with E-state index in [1.807, 2.05) is 80.3 Å². The van der Waals surface area contributed by atoms with Crippen molar-refractivity contribution >= 4 is 23.2 Å². The number of rotatable bonds is 3. The van der Waals surface area contributed by atoms with Crippen molar-refractivity contribution in [3.05, 3.63) is 87.3 Å². The highest BCUT2D eigenvalue weighted by molar-refractivity contribution is 6.30. The molecule has 1 aliphatic rings. The molecule has 1 fully saturated rings. The van der Waals surface area contributed by atoms with Crippen LogP contribution in [-0.2, 0) is 0 Å². The van der Waals surface area contributed by atoms with Crippen LogP contribution in [0.15, 0.2) is 65.5 Å². The van der Waals surface area contributed by atoms with Crippen LogP contribution in [0.4, 0.5) is 5.69 Å². The lowest BCUT2D eigenvalue weighted by molar-refractivity contribution is 0.0512. The second-order valence-electron chi connectivity index (χ2n) is 8.58. The van der Waals surface area contributed by atoms with Crippen molar-refractivity contribution in [3.63, 3.8) is 0 Å². The first kappa shape index (κ1) is 21.2. The number of benzene rings is 2. The summed E-state index contributed by atoms with van der Waals surface area (Å²) in [4.78, 5) is 33.1. The van der Waals surface area contributed by atoms with E-state index in [-0.39, 0.29) is 17.0 Å². The molecule has 0 spiro atoms. The minimum atomic E-state index is -0.445. The molecule has 0 unspecified atom stereocenters. The third-order valence-electron chi connectivity index (χ3n) is 5.89. The Kier molecular flexibility index (Phi) is 5.63. The molecular weight excluding hydrogens is 410 g/mol. The molecule has 31 heavy (non-hydrogen) atoms. The highest BCUT2D eigenvalue weighted by Crippen LogP contribution is 2.28. The predicted molar refractivity (Wildman–Crippen MR) is 126 cm³/mol. The van der Waals surface area contributed by atoms with Crippen LogP contribution in [0, 0.1) is 6.92 Å². The Labute approximate surface area is 187 Å².